The van der Waals surface area contributed by atoms with Crippen LogP contribution in [-0.2, 0) is 27.4 Å². The first-order valence-corrected chi connectivity index (χ1v) is 16.4. The fourth-order valence-electron chi connectivity index (χ4n) is 5.86. The minimum absolute atomic E-state index is 0.207. The first-order valence-electron chi connectivity index (χ1n) is 16.4. The van der Waals surface area contributed by atoms with E-state index < -0.39 is 11.9 Å². The second-order valence-corrected chi connectivity index (χ2v) is 11.8. The highest BCUT2D eigenvalue weighted by molar-refractivity contribution is 6.07. The van der Waals surface area contributed by atoms with Crippen molar-refractivity contribution in [1.82, 2.24) is 4.58 Å². The number of carbonyl (C=O) groups is 3. The molecule has 258 valence electrons. The molecule has 9 nitrogen and oxygen atoms in total. The van der Waals surface area contributed by atoms with Crippen molar-refractivity contribution in [3.8, 4) is 22.5 Å². The van der Waals surface area contributed by atoms with Crippen LogP contribution in [0, 0.1) is 0 Å². The Morgan fingerprint density at radius 1 is 0.804 bits per heavy atom. The molecular weight excluding hydrogens is 644 g/mol. The van der Waals surface area contributed by atoms with Crippen LogP contribution in [0.1, 0.15) is 35.3 Å². The summed E-state index contributed by atoms with van der Waals surface area (Å²) in [6, 6.07) is 39.2. The summed E-state index contributed by atoms with van der Waals surface area (Å²) in [5.41, 5.74) is 6.11. The summed E-state index contributed by atoms with van der Waals surface area (Å²) in [5, 5.41) is 19.2. The quantitative estimate of drug-likeness (QED) is 0.0811. The number of hydrogen-bond acceptors (Lipinski definition) is 6. The highest BCUT2D eigenvalue weighted by atomic mass is 16.5. The number of anilines is 1. The SMILES string of the molecule is C=CN(Cc1ccccc1)c1ccc2c(-c3ccccc3C(=O)O)c3ccc(=[N+](CCOC(C)=O)Cc4ccccc4)cc-3oc2c1.CC(=O)O. The fraction of sp³-hybridized carbons (Fsp3) is 0.143. The molecule has 4 aromatic carbocycles. The van der Waals surface area contributed by atoms with Crippen LogP contribution in [0.3, 0.4) is 0 Å². The molecule has 0 atom stereocenters. The molecule has 2 aliphatic rings. The summed E-state index contributed by atoms with van der Waals surface area (Å²) in [7, 11) is 0. The molecule has 9 heteroatoms. The highest BCUT2D eigenvalue weighted by Crippen LogP contribution is 2.42. The Hall–Kier alpha value is -6.48. The number of aromatic carboxylic acids is 1. The van der Waals surface area contributed by atoms with Gasteiger partial charge in [0.1, 0.15) is 18.0 Å². The van der Waals surface area contributed by atoms with Gasteiger partial charge in [-0.25, -0.2) is 9.37 Å². The van der Waals surface area contributed by atoms with Crippen molar-refractivity contribution < 1.29 is 33.8 Å². The van der Waals surface area contributed by atoms with Crippen LogP contribution in [0.5, 0.6) is 0 Å². The molecule has 0 bridgehead atoms. The van der Waals surface area contributed by atoms with Crippen LogP contribution in [0.25, 0.3) is 33.4 Å². The van der Waals surface area contributed by atoms with Gasteiger partial charge in [0.2, 0.25) is 5.36 Å². The van der Waals surface area contributed by atoms with Gasteiger partial charge < -0.3 is 24.3 Å². The lowest BCUT2D eigenvalue weighted by atomic mass is 9.90. The largest absolute Gasteiger partial charge is 0.481 e. The maximum absolute atomic E-state index is 12.4. The number of rotatable bonds is 11. The Bertz CT molecular complexity index is 2200. The lowest BCUT2D eigenvalue weighted by molar-refractivity contribution is -0.141. The third-order valence-corrected chi connectivity index (χ3v) is 8.11. The summed E-state index contributed by atoms with van der Waals surface area (Å²) in [4.78, 5) is 35.0. The molecule has 0 aromatic heterocycles. The monoisotopic (exact) mass is 683 g/mol. The van der Waals surface area contributed by atoms with Crippen LogP contribution in [0.4, 0.5) is 5.69 Å². The van der Waals surface area contributed by atoms with E-state index in [1.807, 2.05) is 89.8 Å². The van der Waals surface area contributed by atoms with Crippen LogP contribution in [0.15, 0.2) is 139 Å². The Balaban J connectivity index is 0.00000120. The number of esters is 1. The van der Waals surface area contributed by atoms with Crippen molar-refractivity contribution >= 4 is 34.6 Å². The van der Waals surface area contributed by atoms with E-state index in [1.54, 1.807) is 18.3 Å². The lowest BCUT2D eigenvalue weighted by Crippen LogP contribution is -2.33. The number of aliphatic carboxylic acids is 1. The minimum atomic E-state index is -1.00. The van der Waals surface area contributed by atoms with Crippen LogP contribution in [-0.4, -0.2) is 41.3 Å². The molecule has 0 saturated heterocycles. The third kappa shape index (κ3) is 9.16. The molecule has 0 fully saturated rings. The molecule has 1 aliphatic heterocycles. The van der Waals surface area contributed by atoms with Gasteiger partial charge in [-0.15, -0.1) is 0 Å². The normalized spacial score (nSPS) is 11.3. The number of ether oxygens (including phenoxy) is 1. The molecule has 0 radical (unpaired) electrons. The summed E-state index contributed by atoms with van der Waals surface area (Å²) in [5.74, 6) is -1.57. The Labute approximate surface area is 296 Å². The van der Waals surface area contributed by atoms with E-state index in [4.69, 9.17) is 19.1 Å². The molecule has 1 heterocycles. The van der Waals surface area contributed by atoms with Crippen molar-refractivity contribution in [3.63, 3.8) is 0 Å². The minimum Gasteiger partial charge on any atom is -0.481 e. The van der Waals surface area contributed by atoms with Gasteiger partial charge in [-0.1, -0.05) is 85.4 Å². The number of nitrogens with zero attached hydrogens (tertiary/aromatic N) is 2. The van der Waals surface area contributed by atoms with Crippen LogP contribution in [0.2, 0.25) is 0 Å². The Kier molecular flexibility index (Phi) is 11.8. The lowest BCUT2D eigenvalue weighted by Gasteiger charge is -2.22. The molecule has 0 spiro atoms. The average molecular weight is 684 g/mol. The maximum Gasteiger partial charge on any atom is 0.336 e. The zero-order chi connectivity index (χ0) is 36.3. The second-order valence-electron chi connectivity index (χ2n) is 11.8. The molecule has 51 heavy (non-hydrogen) atoms. The number of carbonyl (C=O) groups excluding carboxylic acids is 1. The molecule has 0 amide bonds. The first-order chi connectivity index (χ1) is 24.6. The van der Waals surface area contributed by atoms with Gasteiger partial charge in [0.05, 0.1) is 11.6 Å². The van der Waals surface area contributed by atoms with Crippen molar-refractivity contribution in [2.75, 3.05) is 18.1 Å². The molecule has 2 N–H and O–H groups in total. The van der Waals surface area contributed by atoms with E-state index in [2.05, 4.69) is 35.4 Å². The molecule has 6 rings (SSSR count). The van der Waals surface area contributed by atoms with E-state index in [0.29, 0.717) is 36.5 Å². The van der Waals surface area contributed by atoms with Gasteiger partial charge in [-0.2, -0.15) is 0 Å². The van der Waals surface area contributed by atoms with Gasteiger partial charge in [0.15, 0.2) is 13.1 Å². The summed E-state index contributed by atoms with van der Waals surface area (Å²) >= 11 is 0. The molecule has 4 aromatic rings. The number of carboxylic acids is 2. The second kappa shape index (κ2) is 16.8. The van der Waals surface area contributed by atoms with Gasteiger partial charge in [-0.05, 0) is 41.6 Å². The summed E-state index contributed by atoms with van der Waals surface area (Å²) in [6.45, 7) is 8.46. The average Bonchev–Trinajstić information content (AvgIpc) is 3.12. The van der Waals surface area contributed by atoms with E-state index in [1.165, 1.54) is 6.92 Å². The van der Waals surface area contributed by atoms with E-state index in [9.17, 15) is 14.7 Å². The predicted molar refractivity (Wildman–Crippen MR) is 198 cm³/mol. The Morgan fingerprint density at radius 2 is 1.45 bits per heavy atom. The van der Waals surface area contributed by atoms with Crippen molar-refractivity contribution in [2.24, 2.45) is 0 Å². The van der Waals surface area contributed by atoms with Crippen molar-refractivity contribution in [3.05, 3.63) is 156 Å². The van der Waals surface area contributed by atoms with Gasteiger partial charge >= 0.3 is 11.9 Å². The molecule has 0 unspecified atom stereocenters. The number of hydrogen-bond donors (Lipinski definition) is 2. The van der Waals surface area contributed by atoms with Crippen molar-refractivity contribution in [1.29, 1.82) is 0 Å². The zero-order valence-electron chi connectivity index (χ0n) is 28.5. The topological polar surface area (TPSA) is 120 Å². The summed E-state index contributed by atoms with van der Waals surface area (Å²) in [6.07, 6.45) is 1.79. The number of benzene rings is 5. The van der Waals surface area contributed by atoms with E-state index in [-0.39, 0.29) is 18.1 Å². The van der Waals surface area contributed by atoms with Gasteiger partial charge in [0.25, 0.3) is 5.97 Å². The zero-order valence-corrected chi connectivity index (χ0v) is 28.5. The molecular formula is C42H39N2O7+. The Morgan fingerprint density at radius 3 is 2.10 bits per heavy atom. The van der Waals surface area contributed by atoms with E-state index >= 15 is 0 Å². The predicted octanol–water partition coefficient (Wildman–Crippen LogP) is 7.68. The summed E-state index contributed by atoms with van der Waals surface area (Å²) < 4.78 is 14.1. The maximum atomic E-state index is 12.4. The van der Waals surface area contributed by atoms with Crippen LogP contribution < -0.4 is 14.8 Å². The van der Waals surface area contributed by atoms with E-state index in [0.717, 1.165) is 45.6 Å². The third-order valence-electron chi connectivity index (χ3n) is 8.11. The fourth-order valence-corrected chi connectivity index (χ4v) is 5.86. The van der Waals surface area contributed by atoms with Gasteiger partial charge in [-0.3, -0.25) is 9.59 Å². The number of fused-ring (bicyclic) bond motifs is 2. The van der Waals surface area contributed by atoms with Crippen molar-refractivity contribution in [2.45, 2.75) is 26.9 Å². The van der Waals surface area contributed by atoms with Crippen LogP contribution >= 0.6 is 0 Å². The molecule has 0 saturated carbocycles. The molecule has 1 aliphatic carbocycles. The smallest absolute Gasteiger partial charge is 0.336 e. The van der Waals surface area contributed by atoms with Gasteiger partial charge in [0, 0.05) is 60.3 Å². The highest BCUT2D eigenvalue weighted by Gasteiger charge is 2.23. The standard InChI is InChI=1S/C40H34N2O5.C2H4O2/c1-3-41(26-29-12-6-4-7-13-29)31-18-20-35-37(24-31)47-38-25-32(42(22-23-46-28(2)43)27-30-14-8-5-9-15-30)19-21-36(38)39(35)33-16-10-11-17-34(33)40(44)45;1-2(3)4/h3-21,24-25H,1,22-23,26-27H2,2H3;1H3,(H,3,4)/p+1. The number of carboxylic acid groups (broad SMARTS) is 2. The first kappa shape index (κ1) is 35.8.